The number of carboxylic acid groups (broad SMARTS) is 1. The molecular formula is C33H36N2O6. The molecule has 214 valence electrons. The van der Waals surface area contributed by atoms with Gasteiger partial charge in [0.25, 0.3) is 0 Å². The molecule has 5 rings (SSSR count). The highest BCUT2D eigenvalue weighted by molar-refractivity contribution is 5.86. The first-order chi connectivity index (χ1) is 19.9. The van der Waals surface area contributed by atoms with E-state index in [4.69, 9.17) is 9.47 Å². The van der Waals surface area contributed by atoms with Crippen LogP contribution in [0.5, 0.6) is 0 Å². The van der Waals surface area contributed by atoms with Crippen molar-refractivity contribution in [2.75, 3.05) is 13.2 Å². The number of fused-ring (bicyclic) bond motifs is 3. The number of aliphatic carboxylic acids is 1. The van der Waals surface area contributed by atoms with Crippen molar-refractivity contribution in [1.82, 2.24) is 10.6 Å². The molecule has 2 aliphatic rings. The average Bonchev–Trinajstić information content (AvgIpc) is 3.60. The number of amides is 2. The number of hydrogen-bond donors (Lipinski definition) is 3. The number of rotatable bonds is 11. The number of hydrogen-bond acceptors (Lipinski definition) is 5. The summed E-state index contributed by atoms with van der Waals surface area (Å²) >= 11 is 0. The maximum absolute atomic E-state index is 13.3. The predicted molar refractivity (Wildman–Crippen MR) is 154 cm³/mol. The molecular weight excluding hydrogens is 520 g/mol. The smallest absolute Gasteiger partial charge is 0.407 e. The SMILES string of the molecule is C[C@H](OCc1ccccc1)[C@@H](NC(=O)OCC1c2ccccc2-c2ccccc21)C(=O)NCC1CCCC1C(=O)O. The Labute approximate surface area is 240 Å². The zero-order chi connectivity index (χ0) is 28.8. The molecule has 2 aliphatic carbocycles. The number of carbonyl (C=O) groups excluding carboxylic acids is 2. The normalized spacial score (nSPS) is 19.0. The fourth-order valence-corrected chi connectivity index (χ4v) is 6.01. The van der Waals surface area contributed by atoms with E-state index in [1.54, 1.807) is 6.92 Å². The summed E-state index contributed by atoms with van der Waals surface area (Å²) in [7, 11) is 0. The van der Waals surface area contributed by atoms with Crippen LogP contribution in [0.4, 0.5) is 4.79 Å². The third-order valence-electron chi connectivity index (χ3n) is 8.24. The Morgan fingerprint density at radius 2 is 1.54 bits per heavy atom. The Kier molecular flexibility index (Phi) is 8.99. The van der Waals surface area contributed by atoms with E-state index in [-0.39, 0.29) is 31.6 Å². The third-order valence-corrected chi connectivity index (χ3v) is 8.24. The minimum absolute atomic E-state index is 0.109. The zero-order valence-corrected chi connectivity index (χ0v) is 23.1. The lowest BCUT2D eigenvalue weighted by atomic mass is 9.96. The Morgan fingerprint density at radius 1 is 0.902 bits per heavy atom. The molecule has 8 heteroatoms. The highest BCUT2D eigenvalue weighted by atomic mass is 16.5. The lowest BCUT2D eigenvalue weighted by Crippen LogP contribution is -2.54. The first kappa shape index (κ1) is 28.4. The second kappa shape index (κ2) is 13.0. The van der Waals surface area contributed by atoms with Crippen LogP contribution < -0.4 is 10.6 Å². The summed E-state index contributed by atoms with van der Waals surface area (Å²) in [6, 6.07) is 24.7. The second-order valence-electron chi connectivity index (χ2n) is 10.8. The van der Waals surface area contributed by atoms with Crippen LogP contribution in [0.3, 0.4) is 0 Å². The molecule has 0 spiro atoms. The second-order valence-corrected chi connectivity index (χ2v) is 10.8. The summed E-state index contributed by atoms with van der Waals surface area (Å²) in [6.07, 6.45) is 0.770. The first-order valence-electron chi connectivity index (χ1n) is 14.2. The maximum atomic E-state index is 13.3. The Hall–Kier alpha value is -4.17. The van der Waals surface area contributed by atoms with E-state index in [0.29, 0.717) is 6.42 Å². The van der Waals surface area contributed by atoms with Crippen LogP contribution in [0.2, 0.25) is 0 Å². The minimum Gasteiger partial charge on any atom is -0.481 e. The number of benzene rings is 3. The molecule has 2 unspecified atom stereocenters. The van der Waals surface area contributed by atoms with E-state index in [1.807, 2.05) is 66.7 Å². The Bertz CT molecular complexity index is 1330. The molecule has 0 radical (unpaired) electrons. The van der Waals surface area contributed by atoms with Gasteiger partial charge in [-0.1, -0.05) is 85.3 Å². The van der Waals surface area contributed by atoms with Gasteiger partial charge in [0.05, 0.1) is 18.6 Å². The largest absolute Gasteiger partial charge is 0.481 e. The molecule has 0 heterocycles. The highest BCUT2D eigenvalue weighted by Crippen LogP contribution is 2.44. The maximum Gasteiger partial charge on any atom is 0.407 e. The highest BCUT2D eigenvalue weighted by Gasteiger charge is 2.35. The molecule has 2 amide bonds. The van der Waals surface area contributed by atoms with Gasteiger partial charge in [0.1, 0.15) is 12.6 Å². The van der Waals surface area contributed by atoms with Crippen molar-refractivity contribution >= 4 is 18.0 Å². The first-order valence-corrected chi connectivity index (χ1v) is 14.2. The third kappa shape index (κ3) is 6.60. The van der Waals surface area contributed by atoms with Gasteiger partial charge in [-0.25, -0.2) is 4.79 Å². The fraction of sp³-hybridized carbons (Fsp3) is 0.364. The van der Waals surface area contributed by atoms with Crippen LogP contribution in [0.15, 0.2) is 78.9 Å². The summed E-state index contributed by atoms with van der Waals surface area (Å²) in [6.45, 7) is 2.34. The summed E-state index contributed by atoms with van der Waals surface area (Å²) in [5, 5.41) is 15.1. The molecule has 3 N–H and O–H groups in total. The van der Waals surface area contributed by atoms with Crippen molar-refractivity contribution in [3.63, 3.8) is 0 Å². The Balaban J connectivity index is 1.24. The van der Waals surface area contributed by atoms with E-state index in [1.165, 1.54) is 0 Å². The van der Waals surface area contributed by atoms with Gasteiger partial charge in [0, 0.05) is 12.5 Å². The summed E-state index contributed by atoms with van der Waals surface area (Å²) in [5.74, 6) is -2.00. The molecule has 3 aromatic rings. The van der Waals surface area contributed by atoms with Gasteiger partial charge >= 0.3 is 12.1 Å². The van der Waals surface area contributed by atoms with Crippen LogP contribution in [0.1, 0.15) is 48.8 Å². The molecule has 8 nitrogen and oxygen atoms in total. The molecule has 3 aromatic carbocycles. The van der Waals surface area contributed by atoms with E-state index >= 15 is 0 Å². The average molecular weight is 557 g/mol. The molecule has 1 fully saturated rings. The van der Waals surface area contributed by atoms with Gasteiger partial charge in [-0.05, 0) is 53.5 Å². The van der Waals surface area contributed by atoms with Crippen LogP contribution in [-0.4, -0.2) is 48.4 Å². The van der Waals surface area contributed by atoms with Gasteiger partial charge < -0.3 is 25.2 Å². The molecule has 41 heavy (non-hydrogen) atoms. The zero-order valence-electron chi connectivity index (χ0n) is 23.1. The van der Waals surface area contributed by atoms with Crippen LogP contribution in [-0.2, 0) is 25.7 Å². The van der Waals surface area contributed by atoms with Crippen LogP contribution >= 0.6 is 0 Å². The number of nitrogens with one attached hydrogen (secondary N) is 2. The number of carboxylic acids is 1. The van der Waals surface area contributed by atoms with Gasteiger partial charge in [0.2, 0.25) is 5.91 Å². The number of ether oxygens (including phenoxy) is 2. The molecule has 0 bridgehead atoms. The van der Waals surface area contributed by atoms with Crippen molar-refractivity contribution in [2.45, 2.75) is 50.9 Å². The molecule has 1 saturated carbocycles. The monoisotopic (exact) mass is 556 g/mol. The van der Waals surface area contributed by atoms with Gasteiger partial charge in [0.15, 0.2) is 0 Å². The van der Waals surface area contributed by atoms with Crippen LogP contribution in [0, 0.1) is 11.8 Å². The summed E-state index contributed by atoms with van der Waals surface area (Å²) < 4.78 is 11.7. The standard InChI is InChI=1S/C33H36N2O6/c1-21(40-19-22-10-3-2-4-11-22)30(31(36)34-18-23-12-9-17-24(23)32(37)38)35-33(39)41-20-29-27-15-7-5-13-25(27)26-14-6-8-16-28(26)29/h2-8,10-11,13-16,21,23-24,29-30H,9,12,17-20H2,1H3,(H,34,36)(H,35,39)(H,37,38)/t21-,23?,24?,30+/m0/s1. The minimum atomic E-state index is -1.03. The fourth-order valence-electron chi connectivity index (χ4n) is 6.01. The Morgan fingerprint density at radius 3 is 2.20 bits per heavy atom. The van der Waals surface area contributed by atoms with Gasteiger partial charge in [-0.15, -0.1) is 0 Å². The summed E-state index contributed by atoms with van der Waals surface area (Å²) in [4.78, 5) is 38.0. The molecule has 0 aromatic heterocycles. The van der Waals surface area contributed by atoms with Gasteiger partial charge in [-0.3, -0.25) is 9.59 Å². The topological polar surface area (TPSA) is 114 Å². The quantitative estimate of drug-likeness (QED) is 0.302. The van der Waals surface area contributed by atoms with E-state index < -0.39 is 36.0 Å². The lowest BCUT2D eigenvalue weighted by molar-refractivity contribution is -0.143. The molecule has 0 saturated heterocycles. The number of carbonyl (C=O) groups is 3. The van der Waals surface area contributed by atoms with Crippen molar-refractivity contribution < 1.29 is 29.0 Å². The van der Waals surface area contributed by atoms with Crippen molar-refractivity contribution in [3.8, 4) is 11.1 Å². The van der Waals surface area contributed by atoms with E-state index in [9.17, 15) is 19.5 Å². The van der Waals surface area contributed by atoms with E-state index in [2.05, 4.69) is 22.8 Å². The van der Waals surface area contributed by atoms with E-state index in [0.717, 1.165) is 40.7 Å². The number of alkyl carbamates (subject to hydrolysis) is 1. The van der Waals surface area contributed by atoms with Crippen molar-refractivity contribution in [1.29, 1.82) is 0 Å². The van der Waals surface area contributed by atoms with Crippen molar-refractivity contribution in [3.05, 3.63) is 95.6 Å². The lowest BCUT2D eigenvalue weighted by Gasteiger charge is -2.26. The van der Waals surface area contributed by atoms with Gasteiger partial charge in [-0.2, -0.15) is 0 Å². The molecule has 4 atom stereocenters. The summed E-state index contributed by atoms with van der Waals surface area (Å²) in [5.41, 5.74) is 5.39. The molecule has 0 aliphatic heterocycles. The van der Waals surface area contributed by atoms with Crippen molar-refractivity contribution in [2.24, 2.45) is 11.8 Å². The predicted octanol–water partition coefficient (Wildman–Crippen LogP) is 5.12. The van der Waals surface area contributed by atoms with Crippen LogP contribution in [0.25, 0.3) is 11.1 Å².